The van der Waals surface area contributed by atoms with Gasteiger partial charge in [-0.15, -0.1) is 0 Å². The van der Waals surface area contributed by atoms with E-state index in [1.807, 2.05) is 0 Å². The van der Waals surface area contributed by atoms with E-state index in [1.165, 1.54) is 0 Å². The van der Waals surface area contributed by atoms with Gasteiger partial charge in [0.05, 0.1) is 17.0 Å². The quantitative estimate of drug-likeness (QED) is 0.857. The van der Waals surface area contributed by atoms with Crippen molar-refractivity contribution < 1.29 is 17.7 Å². The first-order chi connectivity index (χ1) is 10.8. The van der Waals surface area contributed by atoms with Crippen LogP contribution in [0.15, 0.2) is 34.9 Å². The average molecular weight is 358 g/mol. The summed E-state index contributed by atoms with van der Waals surface area (Å²) in [7, 11) is -3.57. The molecule has 23 heavy (non-hydrogen) atoms. The van der Waals surface area contributed by atoms with Crippen molar-refractivity contribution in [1.29, 1.82) is 0 Å². The van der Waals surface area contributed by atoms with Gasteiger partial charge in [0.2, 0.25) is 15.9 Å². The first kappa shape index (κ1) is 17.3. The molecule has 1 heterocycles. The molecular weight excluding hydrogens is 342 g/mol. The number of aryl methyl sites for hydroxylation is 1. The van der Waals surface area contributed by atoms with Gasteiger partial charge in [-0.05, 0) is 19.1 Å². The van der Waals surface area contributed by atoms with E-state index >= 15 is 0 Å². The minimum absolute atomic E-state index is 0.0365. The maximum Gasteiger partial charge on any atom is 0.232 e. The number of halogens is 1. The Hall–Kier alpha value is -2.06. The fourth-order valence-electron chi connectivity index (χ4n) is 1.95. The number of hydrogen-bond donors (Lipinski definition) is 1. The van der Waals surface area contributed by atoms with Crippen LogP contribution in [-0.4, -0.2) is 32.3 Å². The molecule has 124 valence electrons. The predicted molar refractivity (Wildman–Crippen MR) is 88.1 cm³/mol. The molecule has 2 aromatic rings. The smallest absolute Gasteiger partial charge is 0.232 e. The average Bonchev–Trinajstić information content (AvgIpc) is 2.84. The van der Waals surface area contributed by atoms with Crippen LogP contribution in [0, 0.1) is 6.92 Å². The van der Waals surface area contributed by atoms with E-state index < -0.39 is 10.0 Å². The van der Waals surface area contributed by atoms with Crippen molar-refractivity contribution in [2.45, 2.75) is 13.3 Å². The van der Waals surface area contributed by atoms with Gasteiger partial charge < -0.3 is 9.84 Å². The van der Waals surface area contributed by atoms with Gasteiger partial charge in [-0.2, -0.15) is 0 Å². The number of carbonyl (C=O) groups excluding carboxylic acids is 1. The SMILES string of the molecule is Cc1cc(NC(=O)CCN(c2ccccc2Cl)S(C)(=O)=O)no1. The van der Waals surface area contributed by atoms with Crippen LogP contribution in [0.3, 0.4) is 0 Å². The molecule has 0 saturated carbocycles. The van der Waals surface area contributed by atoms with Crippen molar-refractivity contribution in [1.82, 2.24) is 5.16 Å². The summed E-state index contributed by atoms with van der Waals surface area (Å²) in [5, 5.41) is 6.48. The Labute approximate surface area is 139 Å². The van der Waals surface area contributed by atoms with Crippen LogP contribution in [0.5, 0.6) is 0 Å². The lowest BCUT2D eigenvalue weighted by atomic mass is 10.3. The predicted octanol–water partition coefficient (Wildman–Crippen LogP) is 2.43. The lowest BCUT2D eigenvalue weighted by Crippen LogP contribution is -2.33. The maximum atomic E-state index is 12.0. The van der Waals surface area contributed by atoms with Crippen LogP contribution < -0.4 is 9.62 Å². The number of nitrogens with zero attached hydrogens (tertiary/aromatic N) is 2. The highest BCUT2D eigenvalue weighted by molar-refractivity contribution is 7.92. The van der Waals surface area contributed by atoms with Crippen molar-refractivity contribution in [2.75, 3.05) is 22.4 Å². The van der Waals surface area contributed by atoms with E-state index in [-0.39, 0.29) is 24.7 Å². The summed E-state index contributed by atoms with van der Waals surface area (Å²) in [5.41, 5.74) is 0.335. The molecule has 2 rings (SSSR count). The summed E-state index contributed by atoms with van der Waals surface area (Å²) in [5.74, 6) is 0.476. The van der Waals surface area contributed by atoms with Crippen molar-refractivity contribution in [3.63, 3.8) is 0 Å². The molecule has 0 fully saturated rings. The summed E-state index contributed by atoms with van der Waals surface area (Å²) >= 11 is 6.04. The third-order valence-corrected chi connectivity index (χ3v) is 4.46. The van der Waals surface area contributed by atoms with Gasteiger partial charge in [0.15, 0.2) is 5.82 Å². The highest BCUT2D eigenvalue weighted by Crippen LogP contribution is 2.27. The fraction of sp³-hybridized carbons (Fsp3) is 0.286. The number of amides is 1. The number of carbonyl (C=O) groups is 1. The highest BCUT2D eigenvalue weighted by atomic mass is 35.5. The first-order valence-electron chi connectivity index (χ1n) is 6.73. The molecule has 0 atom stereocenters. The number of aromatic nitrogens is 1. The summed E-state index contributed by atoms with van der Waals surface area (Å²) in [4.78, 5) is 11.9. The molecule has 1 aromatic heterocycles. The molecule has 0 aliphatic carbocycles. The second-order valence-electron chi connectivity index (χ2n) is 4.91. The second kappa shape index (κ2) is 7.01. The molecule has 0 unspecified atom stereocenters. The van der Waals surface area contributed by atoms with Gasteiger partial charge in [-0.1, -0.05) is 28.9 Å². The third kappa shape index (κ3) is 4.70. The molecule has 0 spiro atoms. The topological polar surface area (TPSA) is 92.5 Å². The fourth-order valence-corrected chi connectivity index (χ4v) is 3.18. The Morgan fingerprint density at radius 3 is 2.65 bits per heavy atom. The second-order valence-corrected chi connectivity index (χ2v) is 7.22. The Bertz CT molecular complexity index is 804. The molecule has 0 bridgehead atoms. The molecule has 1 aromatic carbocycles. The summed E-state index contributed by atoms with van der Waals surface area (Å²) in [6.07, 6.45) is 1.01. The molecule has 1 amide bonds. The normalized spacial score (nSPS) is 11.3. The van der Waals surface area contributed by atoms with Gasteiger partial charge in [-0.25, -0.2) is 8.42 Å². The van der Waals surface area contributed by atoms with Gasteiger partial charge >= 0.3 is 0 Å². The number of hydrogen-bond acceptors (Lipinski definition) is 5. The zero-order valence-electron chi connectivity index (χ0n) is 12.6. The highest BCUT2D eigenvalue weighted by Gasteiger charge is 2.20. The Morgan fingerprint density at radius 2 is 2.09 bits per heavy atom. The number of sulfonamides is 1. The Morgan fingerprint density at radius 1 is 1.39 bits per heavy atom. The lowest BCUT2D eigenvalue weighted by molar-refractivity contribution is -0.116. The van der Waals surface area contributed by atoms with Crippen molar-refractivity contribution >= 4 is 39.0 Å². The molecule has 0 radical (unpaired) electrons. The van der Waals surface area contributed by atoms with Crippen molar-refractivity contribution in [3.05, 3.63) is 41.1 Å². The zero-order chi connectivity index (χ0) is 17.0. The minimum Gasteiger partial charge on any atom is -0.360 e. The number of para-hydroxylation sites is 1. The zero-order valence-corrected chi connectivity index (χ0v) is 14.2. The van der Waals surface area contributed by atoms with E-state index in [1.54, 1.807) is 37.3 Å². The summed E-state index contributed by atoms with van der Waals surface area (Å²) in [6, 6.07) is 8.12. The summed E-state index contributed by atoms with van der Waals surface area (Å²) < 4.78 is 29.9. The monoisotopic (exact) mass is 357 g/mol. The maximum absolute atomic E-state index is 12.0. The number of rotatable bonds is 6. The Balaban J connectivity index is 2.08. The van der Waals surface area contributed by atoms with E-state index in [9.17, 15) is 13.2 Å². The van der Waals surface area contributed by atoms with Gasteiger partial charge in [-0.3, -0.25) is 9.10 Å². The molecule has 1 N–H and O–H groups in total. The standard InChI is InChI=1S/C14H16ClN3O4S/c1-10-9-13(17-22-10)16-14(19)7-8-18(23(2,20)21)12-6-4-3-5-11(12)15/h3-6,9H,7-8H2,1-2H3,(H,16,17,19). The molecule has 7 nitrogen and oxygen atoms in total. The van der Waals surface area contributed by atoms with Gasteiger partial charge in [0.1, 0.15) is 5.76 Å². The minimum atomic E-state index is -3.57. The van der Waals surface area contributed by atoms with Crippen LogP contribution in [0.4, 0.5) is 11.5 Å². The number of benzene rings is 1. The van der Waals surface area contributed by atoms with Crippen molar-refractivity contribution in [2.24, 2.45) is 0 Å². The summed E-state index contributed by atoms with van der Waals surface area (Å²) in [6.45, 7) is 1.66. The van der Waals surface area contributed by atoms with E-state index in [2.05, 4.69) is 10.5 Å². The number of anilines is 2. The Kier molecular flexibility index (Phi) is 5.27. The van der Waals surface area contributed by atoms with Crippen LogP contribution in [-0.2, 0) is 14.8 Å². The largest absolute Gasteiger partial charge is 0.360 e. The lowest BCUT2D eigenvalue weighted by Gasteiger charge is -2.23. The van der Waals surface area contributed by atoms with Crippen molar-refractivity contribution in [3.8, 4) is 0 Å². The molecule has 0 saturated heterocycles. The number of nitrogens with one attached hydrogen (secondary N) is 1. The molecule has 0 aliphatic rings. The van der Waals surface area contributed by atoms with E-state index in [0.29, 0.717) is 16.5 Å². The molecular formula is C14H16ClN3O4S. The molecule has 9 heteroatoms. The van der Waals surface area contributed by atoms with E-state index in [0.717, 1.165) is 10.6 Å². The van der Waals surface area contributed by atoms with Crippen LogP contribution in [0.25, 0.3) is 0 Å². The molecule has 0 aliphatic heterocycles. The van der Waals surface area contributed by atoms with Gasteiger partial charge in [0.25, 0.3) is 0 Å². The van der Waals surface area contributed by atoms with E-state index in [4.69, 9.17) is 16.1 Å². The first-order valence-corrected chi connectivity index (χ1v) is 8.95. The van der Waals surface area contributed by atoms with Crippen LogP contribution in [0.2, 0.25) is 5.02 Å². The van der Waals surface area contributed by atoms with Crippen LogP contribution in [0.1, 0.15) is 12.2 Å². The van der Waals surface area contributed by atoms with Crippen LogP contribution >= 0.6 is 11.6 Å². The van der Waals surface area contributed by atoms with Gasteiger partial charge in [0, 0.05) is 19.0 Å². The third-order valence-electron chi connectivity index (χ3n) is 2.96.